The summed E-state index contributed by atoms with van der Waals surface area (Å²) in [4.78, 5) is 13.0. The van der Waals surface area contributed by atoms with Crippen molar-refractivity contribution < 1.29 is 4.79 Å². The van der Waals surface area contributed by atoms with Crippen molar-refractivity contribution in [2.75, 3.05) is 0 Å². The van der Waals surface area contributed by atoms with E-state index in [9.17, 15) is 4.79 Å². The van der Waals surface area contributed by atoms with Gasteiger partial charge in [-0.15, -0.1) is 10.2 Å². The van der Waals surface area contributed by atoms with Gasteiger partial charge in [0.25, 0.3) is 0 Å². The van der Waals surface area contributed by atoms with E-state index in [1.54, 1.807) is 12.7 Å². The molecule has 2 atom stereocenters. The SMILES string of the molecule is NC(=O)C(c1ccccc1)(c1ccccc1)[C@H]1CC[C@@H](n2cnnc2)C1. The van der Waals surface area contributed by atoms with Gasteiger partial charge in [-0.2, -0.15) is 0 Å². The van der Waals surface area contributed by atoms with E-state index in [4.69, 9.17) is 5.73 Å². The number of hydrogen-bond acceptors (Lipinski definition) is 3. The van der Waals surface area contributed by atoms with Gasteiger partial charge in [0.15, 0.2) is 0 Å². The molecule has 132 valence electrons. The largest absolute Gasteiger partial charge is 0.369 e. The van der Waals surface area contributed by atoms with Crippen LogP contribution in [-0.2, 0) is 10.2 Å². The van der Waals surface area contributed by atoms with Crippen molar-refractivity contribution in [2.45, 2.75) is 30.7 Å². The molecule has 0 spiro atoms. The Kier molecular flexibility index (Phi) is 4.29. The van der Waals surface area contributed by atoms with Crippen LogP contribution in [0.4, 0.5) is 0 Å². The van der Waals surface area contributed by atoms with Crippen LogP contribution in [-0.4, -0.2) is 20.7 Å². The Morgan fingerprint density at radius 1 is 0.923 bits per heavy atom. The van der Waals surface area contributed by atoms with Gasteiger partial charge in [-0.3, -0.25) is 4.79 Å². The second kappa shape index (κ2) is 6.75. The molecular weight excluding hydrogens is 324 g/mol. The maximum atomic E-state index is 13.0. The molecule has 1 aliphatic carbocycles. The Labute approximate surface area is 152 Å². The van der Waals surface area contributed by atoms with Crippen molar-refractivity contribution in [2.24, 2.45) is 11.7 Å². The minimum atomic E-state index is -0.828. The highest BCUT2D eigenvalue weighted by atomic mass is 16.1. The molecule has 26 heavy (non-hydrogen) atoms. The number of hydrogen-bond donors (Lipinski definition) is 1. The number of rotatable bonds is 5. The van der Waals surface area contributed by atoms with Gasteiger partial charge in [0.05, 0.1) is 0 Å². The Morgan fingerprint density at radius 2 is 1.46 bits per heavy atom. The van der Waals surface area contributed by atoms with E-state index in [0.29, 0.717) is 6.04 Å². The molecule has 0 saturated heterocycles. The van der Waals surface area contributed by atoms with Crippen LogP contribution < -0.4 is 5.73 Å². The molecule has 3 aromatic rings. The molecule has 1 aromatic heterocycles. The van der Waals surface area contributed by atoms with Crippen LogP contribution in [0.15, 0.2) is 73.3 Å². The summed E-state index contributed by atoms with van der Waals surface area (Å²) >= 11 is 0. The predicted molar refractivity (Wildman–Crippen MR) is 99.3 cm³/mol. The van der Waals surface area contributed by atoms with Crippen LogP contribution in [0.1, 0.15) is 36.4 Å². The van der Waals surface area contributed by atoms with E-state index in [-0.39, 0.29) is 11.8 Å². The van der Waals surface area contributed by atoms with Gasteiger partial charge in [0.2, 0.25) is 5.91 Å². The van der Waals surface area contributed by atoms with Crippen LogP contribution in [0.5, 0.6) is 0 Å². The quantitative estimate of drug-likeness (QED) is 0.771. The molecule has 1 fully saturated rings. The number of benzene rings is 2. The van der Waals surface area contributed by atoms with Gasteiger partial charge in [-0.1, -0.05) is 60.7 Å². The average Bonchev–Trinajstić information content (AvgIpc) is 3.36. The maximum absolute atomic E-state index is 13.0. The third-order valence-electron chi connectivity index (χ3n) is 5.72. The smallest absolute Gasteiger partial charge is 0.232 e. The van der Waals surface area contributed by atoms with Gasteiger partial charge in [-0.05, 0) is 36.3 Å². The molecule has 1 saturated carbocycles. The predicted octanol–water partition coefficient (Wildman–Crippen LogP) is 3.09. The van der Waals surface area contributed by atoms with Gasteiger partial charge in [0, 0.05) is 6.04 Å². The summed E-state index contributed by atoms with van der Waals surface area (Å²) in [5.41, 5.74) is 7.21. The fraction of sp³-hybridized carbons (Fsp3) is 0.286. The standard InChI is InChI=1S/C21H22N4O/c22-20(26)21(16-7-3-1-4-8-16,17-9-5-2-6-10-17)18-11-12-19(13-18)25-14-23-24-15-25/h1-10,14-15,18-19H,11-13H2,(H2,22,26)/t18-,19+/m0/s1. The molecule has 0 bridgehead atoms. The third-order valence-corrected chi connectivity index (χ3v) is 5.72. The van der Waals surface area contributed by atoms with Crippen LogP contribution in [0.2, 0.25) is 0 Å². The third kappa shape index (κ3) is 2.60. The number of carbonyl (C=O) groups excluding carboxylic acids is 1. The van der Waals surface area contributed by atoms with Crippen molar-refractivity contribution in [3.63, 3.8) is 0 Å². The molecule has 5 heteroatoms. The lowest BCUT2D eigenvalue weighted by atomic mass is 9.64. The van der Waals surface area contributed by atoms with Crippen LogP contribution in [0.3, 0.4) is 0 Å². The number of carbonyl (C=O) groups is 1. The summed E-state index contributed by atoms with van der Waals surface area (Å²) in [6.07, 6.45) is 6.28. The van der Waals surface area contributed by atoms with E-state index in [2.05, 4.69) is 10.2 Å². The zero-order valence-electron chi connectivity index (χ0n) is 14.5. The van der Waals surface area contributed by atoms with Crippen molar-refractivity contribution in [1.82, 2.24) is 14.8 Å². The monoisotopic (exact) mass is 346 g/mol. The van der Waals surface area contributed by atoms with E-state index in [0.717, 1.165) is 30.4 Å². The summed E-state index contributed by atoms with van der Waals surface area (Å²) in [5.74, 6) is -0.165. The first-order chi connectivity index (χ1) is 12.7. The highest BCUT2D eigenvalue weighted by Gasteiger charge is 2.50. The molecule has 0 unspecified atom stereocenters. The summed E-state index contributed by atoms with van der Waals surface area (Å²) in [5, 5.41) is 7.85. The molecule has 4 rings (SSSR count). The molecule has 1 aliphatic rings. The van der Waals surface area contributed by atoms with Crippen molar-refractivity contribution in [3.05, 3.63) is 84.4 Å². The first-order valence-corrected chi connectivity index (χ1v) is 8.98. The van der Waals surface area contributed by atoms with Crippen molar-refractivity contribution >= 4 is 5.91 Å². The van der Waals surface area contributed by atoms with Crippen LogP contribution >= 0.6 is 0 Å². The number of nitrogens with zero attached hydrogens (tertiary/aromatic N) is 3. The van der Waals surface area contributed by atoms with Gasteiger partial charge in [-0.25, -0.2) is 0 Å². The van der Waals surface area contributed by atoms with E-state index in [1.165, 1.54) is 0 Å². The molecular formula is C21H22N4O. The first-order valence-electron chi connectivity index (χ1n) is 8.98. The molecule has 2 N–H and O–H groups in total. The molecule has 1 amide bonds. The van der Waals surface area contributed by atoms with Crippen molar-refractivity contribution in [1.29, 1.82) is 0 Å². The molecule has 5 nitrogen and oxygen atoms in total. The van der Waals surface area contributed by atoms with Gasteiger partial charge < -0.3 is 10.3 Å². The highest BCUT2D eigenvalue weighted by molar-refractivity contribution is 5.91. The lowest BCUT2D eigenvalue weighted by Gasteiger charge is -2.37. The Bertz CT molecular complexity index is 822. The zero-order valence-corrected chi connectivity index (χ0v) is 14.5. The molecule has 1 heterocycles. The minimum absolute atomic E-state index is 0.122. The second-order valence-electron chi connectivity index (χ2n) is 6.98. The number of aromatic nitrogens is 3. The topological polar surface area (TPSA) is 73.8 Å². The molecule has 2 aromatic carbocycles. The fourth-order valence-electron chi connectivity index (χ4n) is 4.54. The summed E-state index contributed by atoms with van der Waals surface area (Å²) in [6.45, 7) is 0. The number of amides is 1. The average molecular weight is 346 g/mol. The molecule has 0 radical (unpaired) electrons. The maximum Gasteiger partial charge on any atom is 0.232 e. The Hall–Kier alpha value is -2.95. The summed E-state index contributed by atoms with van der Waals surface area (Å²) < 4.78 is 2.04. The van der Waals surface area contributed by atoms with Gasteiger partial charge in [0.1, 0.15) is 18.1 Å². The van der Waals surface area contributed by atoms with E-state index in [1.807, 2.05) is 65.2 Å². The number of primary amides is 1. The van der Waals surface area contributed by atoms with Gasteiger partial charge >= 0.3 is 0 Å². The lowest BCUT2D eigenvalue weighted by Crippen LogP contribution is -2.47. The normalized spacial score (nSPS) is 20.2. The van der Waals surface area contributed by atoms with Crippen molar-refractivity contribution in [3.8, 4) is 0 Å². The zero-order chi connectivity index (χ0) is 18.0. The fourth-order valence-corrected chi connectivity index (χ4v) is 4.54. The van der Waals surface area contributed by atoms with Crippen LogP contribution in [0.25, 0.3) is 0 Å². The highest BCUT2D eigenvalue weighted by Crippen LogP contribution is 2.49. The van der Waals surface area contributed by atoms with Crippen LogP contribution in [0, 0.1) is 5.92 Å². The molecule has 0 aliphatic heterocycles. The first kappa shape index (κ1) is 16.5. The summed E-state index contributed by atoms with van der Waals surface area (Å²) in [7, 11) is 0. The van der Waals surface area contributed by atoms with E-state index < -0.39 is 5.41 Å². The number of nitrogens with two attached hydrogens (primary N) is 1. The lowest BCUT2D eigenvalue weighted by molar-refractivity contribution is -0.123. The minimum Gasteiger partial charge on any atom is -0.369 e. The van der Waals surface area contributed by atoms with E-state index >= 15 is 0 Å². The Balaban J connectivity index is 1.82. The Morgan fingerprint density at radius 3 is 1.96 bits per heavy atom. The summed E-state index contributed by atoms with van der Waals surface area (Å²) in [6, 6.07) is 20.2. The second-order valence-corrected chi connectivity index (χ2v) is 6.98.